The van der Waals surface area contributed by atoms with Gasteiger partial charge in [-0.05, 0) is 43.3 Å². The van der Waals surface area contributed by atoms with E-state index in [1.807, 2.05) is 32.0 Å². The van der Waals surface area contributed by atoms with Gasteiger partial charge in [0.1, 0.15) is 22.9 Å². The SMILES string of the molecule is CC.CC(=O)Nc1cc(Oc2ccc(NC(=O)c3c(C)n(C)n(-c4ccccc4)c3=O)cc2Cl)ccn1. The van der Waals surface area contributed by atoms with Crippen LogP contribution in [0.2, 0.25) is 5.02 Å². The number of amides is 2. The Morgan fingerprint density at radius 3 is 2.35 bits per heavy atom. The van der Waals surface area contributed by atoms with Crippen LogP contribution in [0, 0.1) is 6.92 Å². The van der Waals surface area contributed by atoms with Gasteiger partial charge in [-0.25, -0.2) is 9.67 Å². The molecule has 0 saturated heterocycles. The summed E-state index contributed by atoms with van der Waals surface area (Å²) >= 11 is 6.37. The predicted octanol–water partition coefficient (Wildman–Crippen LogP) is 5.56. The average molecular weight is 522 g/mol. The number of para-hydroxylation sites is 1. The Labute approximate surface area is 219 Å². The minimum atomic E-state index is -0.545. The number of carbonyl (C=O) groups is 2. The summed E-state index contributed by atoms with van der Waals surface area (Å²) in [5.74, 6) is 0.304. The van der Waals surface area contributed by atoms with Crippen molar-refractivity contribution in [3.63, 3.8) is 0 Å². The van der Waals surface area contributed by atoms with Crippen LogP contribution in [0.3, 0.4) is 0 Å². The van der Waals surface area contributed by atoms with Crippen LogP contribution in [0.15, 0.2) is 71.7 Å². The van der Waals surface area contributed by atoms with Crippen LogP contribution in [0.5, 0.6) is 11.5 Å². The van der Waals surface area contributed by atoms with Crippen LogP contribution in [0.4, 0.5) is 11.5 Å². The summed E-state index contributed by atoms with van der Waals surface area (Å²) < 4.78 is 8.87. The summed E-state index contributed by atoms with van der Waals surface area (Å²) in [5, 5.41) is 5.55. The highest BCUT2D eigenvalue weighted by Gasteiger charge is 2.22. The average Bonchev–Trinajstić information content (AvgIpc) is 3.10. The van der Waals surface area contributed by atoms with Crippen LogP contribution < -0.4 is 20.9 Å². The maximum absolute atomic E-state index is 13.1. The number of benzene rings is 2. The second-order valence-electron chi connectivity index (χ2n) is 7.70. The Hall–Kier alpha value is -4.37. The Bertz CT molecular complexity index is 1480. The zero-order valence-corrected chi connectivity index (χ0v) is 22.0. The van der Waals surface area contributed by atoms with Crippen molar-refractivity contribution >= 4 is 34.9 Å². The van der Waals surface area contributed by atoms with E-state index >= 15 is 0 Å². The molecular weight excluding hydrogens is 494 g/mol. The number of anilines is 2. The number of nitrogens with one attached hydrogen (secondary N) is 2. The normalized spacial score (nSPS) is 10.2. The van der Waals surface area contributed by atoms with E-state index in [4.69, 9.17) is 16.3 Å². The van der Waals surface area contributed by atoms with Crippen LogP contribution in [-0.4, -0.2) is 26.2 Å². The van der Waals surface area contributed by atoms with Crippen molar-refractivity contribution < 1.29 is 14.3 Å². The molecule has 0 radical (unpaired) electrons. The van der Waals surface area contributed by atoms with Crippen molar-refractivity contribution in [1.29, 1.82) is 0 Å². The second-order valence-corrected chi connectivity index (χ2v) is 8.10. The van der Waals surface area contributed by atoms with E-state index in [0.29, 0.717) is 34.4 Å². The fraction of sp³-hybridized carbons (Fsp3) is 0.185. The molecule has 0 aliphatic rings. The molecule has 2 aromatic heterocycles. The molecule has 2 amide bonds. The van der Waals surface area contributed by atoms with E-state index < -0.39 is 11.5 Å². The first-order valence-electron chi connectivity index (χ1n) is 11.6. The van der Waals surface area contributed by atoms with E-state index in [-0.39, 0.29) is 16.5 Å². The van der Waals surface area contributed by atoms with Crippen molar-refractivity contribution in [2.45, 2.75) is 27.7 Å². The third kappa shape index (κ3) is 6.25. The smallest absolute Gasteiger partial charge is 0.284 e. The lowest BCUT2D eigenvalue weighted by Crippen LogP contribution is -2.25. The Kier molecular flexibility index (Phi) is 8.86. The number of ether oxygens (including phenoxy) is 1. The lowest BCUT2D eigenvalue weighted by molar-refractivity contribution is -0.114. The van der Waals surface area contributed by atoms with Crippen LogP contribution in [0.1, 0.15) is 36.8 Å². The number of pyridine rings is 1. The molecule has 0 bridgehead atoms. The van der Waals surface area contributed by atoms with Gasteiger partial charge in [0.25, 0.3) is 11.5 Å². The minimum absolute atomic E-state index is 0.0371. The highest BCUT2D eigenvalue weighted by molar-refractivity contribution is 6.32. The summed E-state index contributed by atoms with van der Waals surface area (Å²) in [6.07, 6.45) is 1.49. The maximum atomic E-state index is 13.1. The Balaban J connectivity index is 0.00000186. The van der Waals surface area contributed by atoms with Gasteiger partial charge in [0.15, 0.2) is 0 Å². The fourth-order valence-corrected chi connectivity index (χ4v) is 3.75. The van der Waals surface area contributed by atoms with E-state index in [1.54, 1.807) is 55.1 Å². The summed E-state index contributed by atoms with van der Waals surface area (Å²) in [6, 6.07) is 17.0. The predicted molar refractivity (Wildman–Crippen MR) is 145 cm³/mol. The molecule has 2 aromatic carbocycles. The third-order valence-electron chi connectivity index (χ3n) is 5.23. The van der Waals surface area contributed by atoms with Crippen molar-refractivity contribution in [1.82, 2.24) is 14.3 Å². The molecule has 0 aliphatic heterocycles. The first-order chi connectivity index (χ1) is 17.7. The van der Waals surface area contributed by atoms with Gasteiger partial charge < -0.3 is 15.4 Å². The van der Waals surface area contributed by atoms with Gasteiger partial charge in [0.05, 0.1) is 16.4 Å². The number of nitrogens with zero attached hydrogens (tertiary/aromatic N) is 3. The summed E-state index contributed by atoms with van der Waals surface area (Å²) in [7, 11) is 1.72. The molecule has 0 atom stereocenters. The standard InChI is InChI=1S/C25H22ClN5O4.C2H6/c1-15-23(25(34)31(30(15)3)18-7-5-4-6-8-18)24(33)29-17-9-10-21(20(26)13-17)35-19-11-12-27-22(14-19)28-16(2)32;1-2/h4-14H,1-3H3,(H,29,33)(H,27,28,32);1-2H3. The molecule has 2 N–H and O–H groups in total. The Morgan fingerprint density at radius 1 is 1.00 bits per heavy atom. The lowest BCUT2D eigenvalue weighted by atomic mass is 10.2. The van der Waals surface area contributed by atoms with Crippen LogP contribution >= 0.6 is 11.6 Å². The van der Waals surface area contributed by atoms with Gasteiger partial charge in [0.2, 0.25) is 5.91 Å². The second kappa shape index (κ2) is 12.0. The zero-order valence-electron chi connectivity index (χ0n) is 21.2. The highest BCUT2D eigenvalue weighted by atomic mass is 35.5. The summed E-state index contributed by atoms with van der Waals surface area (Å²) in [6.45, 7) is 7.09. The van der Waals surface area contributed by atoms with Gasteiger partial charge >= 0.3 is 0 Å². The van der Waals surface area contributed by atoms with Crippen molar-refractivity contribution in [3.8, 4) is 17.2 Å². The molecular formula is C27H28ClN5O4. The third-order valence-corrected chi connectivity index (χ3v) is 5.53. The largest absolute Gasteiger partial charge is 0.456 e. The van der Waals surface area contributed by atoms with Crippen LogP contribution in [0.25, 0.3) is 5.69 Å². The molecule has 0 aliphatic carbocycles. The van der Waals surface area contributed by atoms with E-state index in [2.05, 4.69) is 15.6 Å². The minimum Gasteiger partial charge on any atom is -0.456 e. The number of halogens is 1. The zero-order chi connectivity index (χ0) is 27.1. The molecule has 0 saturated carbocycles. The van der Waals surface area contributed by atoms with Gasteiger partial charge in [-0.1, -0.05) is 43.6 Å². The van der Waals surface area contributed by atoms with Gasteiger partial charge in [-0.2, -0.15) is 0 Å². The van der Waals surface area contributed by atoms with Crippen LogP contribution in [-0.2, 0) is 11.8 Å². The number of hydrogen-bond donors (Lipinski definition) is 2. The molecule has 0 spiro atoms. The quantitative estimate of drug-likeness (QED) is 0.345. The van der Waals surface area contributed by atoms with E-state index in [1.165, 1.54) is 23.9 Å². The molecule has 4 aromatic rings. The molecule has 9 nitrogen and oxygen atoms in total. The maximum Gasteiger partial charge on any atom is 0.284 e. The molecule has 2 heterocycles. The van der Waals surface area contributed by atoms with Gasteiger partial charge in [-0.3, -0.25) is 19.1 Å². The number of aromatic nitrogens is 3. The van der Waals surface area contributed by atoms with Gasteiger partial charge in [-0.15, -0.1) is 0 Å². The molecule has 192 valence electrons. The molecule has 10 heteroatoms. The molecule has 37 heavy (non-hydrogen) atoms. The van der Waals surface area contributed by atoms with Crippen molar-refractivity contribution in [2.75, 3.05) is 10.6 Å². The molecule has 4 rings (SSSR count). The van der Waals surface area contributed by atoms with Gasteiger partial charge in [0, 0.05) is 31.9 Å². The fourth-order valence-electron chi connectivity index (χ4n) is 3.54. The number of hydrogen-bond acceptors (Lipinski definition) is 5. The highest BCUT2D eigenvalue weighted by Crippen LogP contribution is 2.32. The summed E-state index contributed by atoms with van der Waals surface area (Å²) in [4.78, 5) is 41.3. The van der Waals surface area contributed by atoms with Crippen molar-refractivity contribution in [2.24, 2.45) is 7.05 Å². The summed E-state index contributed by atoms with van der Waals surface area (Å²) in [5.41, 5.74) is 1.19. The van der Waals surface area contributed by atoms with Crippen molar-refractivity contribution in [3.05, 3.63) is 93.5 Å². The Morgan fingerprint density at radius 2 is 1.70 bits per heavy atom. The number of carbonyl (C=O) groups excluding carboxylic acids is 2. The number of rotatable bonds is 6. The molecule has 0 fully saturated rings. The lowest BCUT2D eigenvalue weighted by Gasteiger charge is -2.11. The topological polar surface area (TPSA) is 107 Å². The van der Waals surface area contributed by atoms with E-state index in [9.17, 15) is 14.4 Å². The van der Waals surface area contributed by atoms with E-state index in [0.717, 1.165) is 0 Å². The molecule has 0 unspecified atom stereocenters. The first-order valence-corrected chi connectivity index (χ1v) is 12.0. The first kappa shape index (κ1) is 27.2. The monoisotopic (exact) mass is 521 g/mol.